The van der Waals surface area contributed by atoms with E-state index in [1.54, 1.807) is 0 Å². The first-order valence-corrected chi connectivity index (χ1v) is 23.5. The van der Waals surface area contributed by atoms with E-state index >= 15 is 0 Å². The predicted molar refractivity (Wildman–Crippen MR) is 291 cm³/mol. The molecule has 0 radical (unpaired) electrons. The van der Waals surface area contributed by atoms with Gasteiger partial charge in [0.1, 0.15) is 0 Å². The van der Waals surface area contributed by atoms with E-state index in [1.165, 1.54) is 32.3 Å². The SMILES string of the molecule is c1ccc2c(N(c3ccncc3)c3ccc(-n4c5ccc(N(c6ccncc6)c6cccc7ccccc67)cc5c5cc(N(c6ccncc6)c6cccc7ccccc67)ccc54)cc3)cccc2c1. The monoisotopic (exact) mass is 897 g/mol. The van der Waals surface area contributed by atoms with Gasteiger partial charge in [0.2, 0.25) is 0 Å². The molecule has 0 N–H and O–H groups in total. The molecule has 0 amide bonds. The zero-order valence-electron chi connectivity index (χ0n) is 38.0. The summed E-state index contributed by atoms with van der Waals surface area (Å²) >= 11 is 0. The largest absolute Gasteiger partial charge is 0.310 e. The van der Waals surface area contributed by atoms with E-state index in [0.29, 0.717) is 0 Å². The van der Waals surface area contributed by atoms with E-state index in [0.717, 1.165) is 78.7 Å². The molecular formula is C63H43N7. The van der Waals surface area contributed by atoms with Crippen LogP contribution in [0.4, 0.5) is 51.2 Å². The highest BCUT2D eigenvalue weighted by atomic mass is 15.2. The molecule has 0 bridgehead atoms. The van der Waals surface area contributed by atoms with Crippen molar-refractivity contribution in [1.82, 2.24) is 19.5 Å². The van der Waals surface area contributed by atoms with Crippen molar-refractivity contribution in [3.8, 4) is 5.69 Å². The van der Waals surface area contributed by atoms with Crippen molar-refractivity contribution in [2.75, 3.05) is 14.7 Å². The first kappa shape index (κ1) is 40.7. The van der Waals surface area contributed by atoms with Crippen LogP contribution in [0.5, 0.6) is 0 Å². The van der Waals surface area contributed by atoms with Gasteiger partial charge in [-0.25, -0.2) is 0 Å². The third-order valence-corrected chi connectivity index (χ3v) is 13.4. The maximum absolute atomic E-state index is 4.42. The third-order valence-electron chi connectivity index (χ3n) is 13.4. The minimum absolute atomic E-state index is 1.02. The molecule has 0 atom stereocenters. The Labute approximate surface area is 405 Å². The summed E-state index contributed by atoms with van der Waals surface area (Å²) < 4.78 is 2.40. The van der Waals surface area contributed by atoms with Crippen LogP contribution in [-0.2, 0) is 0 Å². The smallest absolute Gasteiger partial charge is 0.0542 e. The number of benzene rings is 9. The molecule has 330 valence electrons. The summed E-state index contributed by atoms with van der Waals surface area (Å²) in [6.45, 7) is 0. The van der Waals surface area contributed by atoms with Crippen molar-refractivity contribution in [2.24, 2.45) is 0 Å². The number of hydrogen-bond acceptors (Lipinski definition) is 6. The summed E-state index contributed by atoms with van der Waals surface area (Å²) in [4.78, 5) is 20.2. The molecule has 7 nitrogen and oxygen atoms in total. The van der Waals surface area contributed by atoms with Crippen LogP contribution in [0, 0.1) is 0 Å². The topological polar surface area (TPSA) is 53.3 Å². The fraction of sp³-hybridized carbons (Fsp3) is 0. The van der Waals surface area contributed by atoms with E-state index in [4.69, 9.17) is 0 Å². The van der Waals surface area contributed by atoms with Gasteiger partial charge in [-0.1, -0.05) is 109 Å². The van der Waals surface area contributed by atoms with Crippen LogP contribution in [0.1, 0.15) is 0 Å². The number of aromatic nitrogens is 4. The Morgan fingerprint density at radius 3 is 0.957 bits per heavy atom. The molecule has 0 aliphatic heterocycles. The molecule has 0 spiro atoms. The van der Waals surface area contributed by atoms with Gasteiger partial charge in [0.05, 0.1) is 28.1 Å². The molecule has 0 saturated heterocycles. The average molecular weight is 898 g/mol. The fourth-order valence-electron chi connectivity index (χ4n) is 10.3. The van der Waals surface area contributed by atoms with Gasteiger partial charge < -0.3 is 19.3 Å². The Hall–Kier alpha value is -9.59. The van der Waals surface area contributed by atoms with Crippen LogP contribution >= 0.6 is 0 Å². The number of hydrogen-bond donors (Lipinski definition) is 0. The lowest BCUT2D eigenvalue weighted by atomic mass is 10.0. The van der Waals surface area contributed by atoms with Gasteiger partial charge in [-0.15, -0.1) is 0 Å². The lowest BCUT2D eigenvalue weighted by Gasteiger charge is -2.27. The lowest BCUT2D eigenvalue weighted by molar-refractivity contribution is 1.17. The Balaban J connectivity index is 1.03. The van der Waals surface area contributed by atoms with Gasteiger partial charge >= 0.3 is 0 Å². The van der Waals surface area contributed by atoms with Crippen molar-refractivity contribution in [2.45, 2.75) is 0 Å². The fourth-order valence-corrected chi connectivity index (χ4v) is 10.3. The number of fused-ring (bicyclic) bond motifs is 6. The Bertz CT molecular complexity index is 3830. The molecule has 13 aromatic rings. The number of pyridine rings is 3. The van der Waals surface area contributed by atoms with Crippen molar-refractivity contribution >= 4 is 105 Å². The maximum atomic E-state index is 4.42. The minimum atomic E-state index is 1.02. The molecule has 0 fully saturated rings. The molecule has 13 rings (SSSR count). The van der Waals surface area contributed by atoms with Gasteiger partial charge in [0.25, 0.3) is 0 Å². The van der Waals surface area contributed by atoms with Crippen LogP contribution in [0.15, 0.2) is 262 Å². The van der Waals surface area contributed by atoms with E-state index in [1.807, 2.05) is 37.2 Å². The molecule has 0 aliphatic rings. The van der Waals surface area contributed by atoms with Crippen molar-refractivity contribution in [3.05, 3.63) is 262 Å². The van der Waals surface area contributed by atoms with Crippen LogP contribution in [0.2, 0.25) is 0 Å². The highest BCUT2D eigenvalue weighted by Gasteiger charge is 2.23. The minimum Gasteiger partial charge on any atom is -0.310 e. The normalized spacial score (nSPS) is 11.4. The molecule has 4 aromatic heterocycles. The molecule has 9 aromatic carbocycles. The van der Waals surface area contributed by atoms with Gasteiger partial charge in [-0.3, -0.25) is 15.0 Å². The summed E-state index contributed by atoms with van der Waals surface area (Å²) in [7, 11) is 0. The molecule has 4 heterocycles. The van der Waals surface area contributed by atoms with Crippen LogP contribution in [-0.4, -0.2) is 19.5 Å². The second kappa shape index (κ2) is 17.2. The second-order valence-corrected chi connectivity index (χ2v) is 17.4. The summed E-state index contributed by atoms with van der Waals surface area (Å²) in [6, 6.07) is 80.5. The zero-order chi connectivity index (χ0) is 46.4. The van der Waals surface area contributed by atoms with E-state index in [-0.39, 0.29) is 0 Å². The number of nitrogens with zero attached hydrogens (tertiary/aromatic N) is 7. The highest BCUT2D eigenvalue weighted by Crippen LogP contribution is 2.46. The van der Waals surface area contributed by atoms with E-state index < -0.39 is 0 Å². The average Bonchev–Trinajstić information content (AvgIpc) is 3.75. The first-order valence-electron chi connectivity index (χ1n) is 23.5. The van der Waals surface area contributed by atoms with Crippen LogP contribution in [0.3, 0.4) is 0 Å². The Kier molecular flexibility index (Phi) is 10.0. The number of anilines is 9. The van der Waals surface area contributed by atoms with Crippen LogP contribution in [0.25, 0.3) is 59.8 Å². The highest BCUT2D eigenvalue weighted by molar-refractivity contribution is 6.13. The maximum Gasteiger partial charge on any atom is 0.0542 e. The Morgan fingerprint density at radius 1 is 0.257 bits per heavy atom. The standard InChI is InChI=1S/C63H43N7/c1-4-16-54-44(10-1)13-7-19-59(54)67(49-30-36-64-37-31-49)47-22-24-48(25-23-47)70-62-28-26-52(68(50-32-38-65-39-33-50)60-20-8-14-45-11-2-5-17-55(45)60)42-57(62)58-43-53(27-29-63(58)70)69(51-34-40-66-41-35-51)61-21-9-15-46-12-3-6-18-56(46)61/h1-43H. The quantitative estimate of drug-likeness (QED) is 0.136. The van der Waals surface area contributed by atoms with Gasteiger partial charge in [0.15, 0.2) is 0 Å². The van der Waals surface area contributed by atoms with Crippen LogP contribution < -0.4 is 14.7 Å². The summed E-state index contributed by atoms with van der Waals surface area (Å²) in [5.74, 6) is 0. The summed E-state index contributed by atoms with van der Waals surface area (Å²) in [5.41, 5.74) is 12.7. The third kappa shape index (κ3) is 7.04. The van der Waals surface area contributed by atoms with Gasteiger partial charge in [-0.2, -0.15) is 0 Å². The molecular weight excluding hydrogens is 855 g/mol. The first-order chi connectivity index (χ1) is 34.7. The summed E-state index contributed by atoms with van der Waals surface area (Å²) in [6.07, 6.45) is 11.2. The van der Waals surface area contributed by atoms with Crippen molar-refractivity contribution in [1.29, 1.82) is 0 Å². The van der Waals surface area contributed by atoms with E-state index in [9.17, 15) is 0 Å². The van der Waals surface area contributed by atoms with Crippen molar-refractivity contribution < 1.29 is 0 Å². The lowest BCUT2D eigenvalue weighted by Crippen LogP contribution is -2.11. The zero-order valence-corrected chi connectivity index (χ0v) is 38.0. The van der Waals surface area contributed by atoms with Gasteiger partial charge in [-0.05, 0) is 131 Å². The molecule has 0 saturated carbocycles. The molecule has 7 heteroatoms. The molecule has 0 unspecified atom stereocenters. The molecule has 0 aliphatic carbocycles. The summed E-state index contributed by atoms with van der Waals surface area (Å²) in [5, 5.41) is 9.30. The predicted octanol–water partition coefficient (Wildman–Crippen LogP) is 16.8. The molecule has 70 heavy (non-hydrogen) atoms. The van der Waals surface area contributed by atoms with E-state index in [2.05, 4.69) is 259 Å². The second-order valence-electron chi connectivity index (χ2n) is 17.4. The van der Waals surface area contributed by atoms with Gasteiger partial charge in [0, 0.05) is 104 Å². The van der Waals surface area contributed by atoms with Crippen molar-refractivity contribution in [3.63, 3.8) is 0 Å². The Morgan fingerprint density at radius 2 is 0.571 bits per heavy atom. The number of rotatable bonds is 10.